The second-order valence-corrected chi connectivity index (χ2v) is 12.9. The predicted octanol–water partition coefficient (Wildman–Crippen LogP) is 3.53. The first-order valence-corrected chi connectivity index (χ1v) is 15.6. The van der Waals surface area contributed by atoms with E-state index in [2.05, 4.69) is 26.3 Å². The van der Waals surface area contributed by atoms with Crippen LogP contribution in [0.2, 0.25) is 0 Å². The van der Waals surface area contributed by atoms with Crippen molar-refractivity contribution in [2.75, 3.05) is 62.2 Å². The van der Waals surface area contributed by atoms with Crippen molar-refractivity contribution in [3.8, 4) is 0 Å². The topological polar surface area (TPSA) is 90.5 Å². The maximum Gasteiger partial charge on any atom is 0.281 e. The van der Waals surface area contributed by atoms with Crippen LogP contribution in [0.3, 0.4) is 0 Å². The Bertz CT molecular complexity index is 1390. The van der Waals surface area contributed by atoms with Crippen molar-refractivity contribution in [3.05, 3.63) is 47.8 Å². The average Bonchev–Trinajstić information content (AvgIpc) is 3.80. The molecule has 0 aromatic carbocycles. The van der Waals surface area contributed by atoms with E-state index in [4.69, 9.17) is 15.5 Å². The Hall–Kier alpha value is -3.31. The molecule has 1 aliphatic carbocycles. The molecule has 0 radical (unpaired) electrons. The number of carbonyl (C=O) groups is 1. The molecule has 4 fully saturated rings. The second kappa shape index (κ2) is 10.7. The summed E-state index contributed by atoms with van der Waals surface area (Å²) in [5.74, 6) is 0.567. The highest BCUT2D eigenvalue weighted by Crippen LogP contribution is 2.48. The maximum atomic E-state index is 14.5. The number of piperidine rings is 1. The number of hydrogen-bond acceptors (Lipinski definition) is 8. The fourth-order valence-corrected chi connectivity index (χ4v) is 7.58. The van der Waals surface area contributed by atoms with Gasteiger partial charge in [0.2, 0.25) is 5.91 Å². The third-order valence-electron chi connectivity index (χ3n) is 10.5. The van der Waals surface area contributed by atoms with Crippen molar-refractivity contribution < 1.29 is 18.3 Å². The second-order valence-electron chi connectivity index (χ2n) is 12.9. The number of nitrogens with two attached hydrogens (primary N) is 1. The van der Waals surface area contributed by atoms with Crippen LogP contribution in [0.1, 0.15) is 56.7 Å². The summed E-state index contributed by atoms with van der Waals surface area (Å²) < 4.78 is 35.5. The van der Waals surface area contributed by atoms with Gasteiger partial charge in [-0.3, -0.25) is 14.7 Å². The highest BCUT2D eigenvalue weighted by molar-refractivity contribution is 6.07. The van der Waals surface area contributed by atoms with E-state index in [9.17, 15) is 13.6 Å². The standard InChI is InChI=1S/C32H41F2N7O2/c1-3-27(42)40-15-13-38(14-16-40)25-19-41-23(25)6-4-5-22-24(41)17-26(36-28(22)30(33)34)39-11-9-32(10-12-39)29(21(2)18-35)37-31(7-8-31)20-43-32/h3-5,17-18,23,25,30H,1,6-16,19-20,35H2,2H3/b21-18-. The Morgan fingerprint density at radius 3 is 2.53 bits per heavy atom. The highest BCUT2D eigenvalue weighted by Gasteiger charge is 2.53. The number of amides is 1. The number of rotatable bonds is 5. The van der Waals surface area contributed by atoms with Crippen LogP contribution >= 0.6 is 0 Å². The van der Waals surface area contributed by atoms with Crippen LogP contribution in [0, 0.1) is 0 Å². The first-order chi connectivity index (χ1) is 20.8. The van der Waals surface area contributed by atoms with Gasteiger partial charge in [0.15, 0.2) is 0 Å². The maximum absolute atomic E-state index is 14.5. The lowest BCUT2D eigenvalue weighted by molar-refractivity contribution is -0.128. The number of aromatic nitrogens is 1. The molecule has 0 bridgehead atoms. The third-order valence-corrected chi connectivity index (χ3v) is 10.5. The third kappa shape index (κ3) is 4.84. The molecule has 2 unspecified atom stereocenters. The molecule has 2 atom stereocenters. The van der Waals surface area contributed by atoms with Crippen molar-refractivity contribution in [3.63, 3.8) is 0 Å². The summed E-state index contributed by atoms with van der Waals surface area (Å²) in [6.07, 6.45) is 8.44. The molecule has 2 spiro atoms. The molecule has 1 saturated carbocycles. The zero-order valence-corrected chi connectivity index (χ0v) is 24.9. The summed E-state index contributed by atoms with van der Waals surface area (Å²) >= 11 is 0. The Balaban J connectivity index is 1.11. The molecule has 230 valence electrons. The van der Waals surface area contributed by atoms with Crippen LogP contribution < -0.4 is 15.5 Å². The lowest BCUT2D eigenvalue weighted by Gasteiger charge is -2.55. The summed E-state index contributed by atoms with van der Waals surface area (Å²) in [4.78, 5) is 30.4. The predicted molar refractivity (Wildman–Crippen MR) is 164 cm³/mol. The smallest absolute Gasteiger partial charge is 0.281 e. The van der Waals surface area contributed by atoms with Crippen molar-refractivity contribution in [1.29, 1.82) is 0 Å². The summed E-state index contributed by atoms with van der Waals surface area (Å²) in [6.45, 7) is 11.2. The van der Waals surface area contributed by atoms with E-state index in [1.807, 2.05) is 30.0 Å². The summed E-state index contributed by atoms with van der Waals surface area (Å²) in [6, 6.07) is 2.52. The number of pyridine rings is 1. The molecule has 1 aromatic rings. The van der Waals surface area contributed by atoms with Gasteiger partial charge in [0.05, 0.1) is 23.5 Å². The van der Waals surface area contributed by atoms with E-state index in [0.717, 1.165) is 55.9 Å². The van der Waals surface area contributed by atoms with Gasteiger partial charge in [0.1, 0.15) is 17.1 Å². The molecule has 5 aliphatic heterocycles. The molecule has 9 nitrogen and oxygen atoms in total. The van der Waals surface area contributed by atoms with Gasteiger partial charge in [-0.25, -0.2) is 13.8 Å². The summed E-state index contributed by atoms with van der Waals surface area (Å²) in [7, 11) is 0. The van der Waals surface area contributed by atoms with Crippen LogP contribution in [0.5, 0.6) is 0 Å². The van der Waals surface area contributed by atoms with Crippen LogP contribution in [-0.2, 0) is 9.53 Å². The molecule has 43 heavy (non-hydrogen) atoms. The van der Waals surface area contributed by atoms with Crippen molar-refractivity contribution in [2.24, 2.45) is 10.7 Å². The number of anilines is 2. The number of fused-ring (bicyclic) bond motifs is 3. The molecule has 2 N–H and O–H groups in total. The minimum Gasteiger partial charge on any atom is -0.404 e. The molecular weight excluding hydrogens is 552 g/mol. The van der Waals surface area contributed by atoms with Crippen LogP contribution in [0.15, 0.2) is 41.6 Å². The number of alkyl halides is 2. The number of halogens is 2. The van der Waals surface area contributed by atoms with E-state index in [0.29, 0.717) is 63.1 Å². The van der Waals surface area contributed by atoms with Crippen LogP contribution in [0.4, 0.5) is 20.3 Å². The Labute approximate surface area is 251 Å². The fourth-order valence-electron chi connectivity index (χ4n) is 7.58. The Kier molecular flexibility index (Phi) is 7.08. The van der Waals surface area contributed by atoms with Crippen molar-refractivity contribution in [2.45, 2.75) is 68.7 Å². The van der Waals surface area contributed by atoms with Crippen LogP contribution in [0.25, 0.3) is 6.08 Å². The molecule has 3 saturated heterocycles. The quantitative estimate of drug-likeness (QED) is 0.523. The zero-order chi connectivity index (χ0) is 29.9. The van der Waals surface area contributed by atoms with Gasteiger partial charge >= 0.3 is 0 Å². The number of ether oxygens (including phenoxy) is 1. The first-order valence-electron chi connectivity index (χ1n) is 15.6. The zero-order valence-electron chi connectivity index (χ0n) is 24.9. The first kappa shape index (κ1) is 28.5. The highest BCUT2D eigenvalue weighted by atomic mass is 19.3. The van der Waals surface area contributed by atoms with E-state index < -0.39 is 12.0 Å². The monoisotopic (exact) mass is 593 g/mol. The van der Waals surface area contributed by atoms with Crippen molar-refractivity contribution >= 4 is 29.2 Å². The van der Waals surface area contributed by atoms with Crippen LogP contribution in [-0.4, -0.2) is 102 Å². The van der Waals surface area contributed by atoms with Gasteiger partial charge in [0, 0.05) is 69.5 Å². The van der Waals surface area contributed by atoms with Gasteiger partial charge < -0.3 is 25.2 Å². The summed E-state index contributed by atoms with van der Waals surface area (Å²) in [5.41, 5.74) is 8.46. The lowest BCUT2D eigenvalue weighted by Crippen LogP contribution is -2.69. The molecule has 1 amide bonds. The number of hydrogen-bond donors (Lipinski definition) is 1. The van der Waals surface area contributed by atoms with Gasteiger partial charge in [-0.15, -0.1) is 0 Å². The largest absolute Gasteiger partial charge is 0.404 e. The average molecular weight is 594 g/mol. The Morgan fingerprint density at radius 2 is 1.88 bits per heavy atom. The molecule has 7 rings (SSSR count). The van der Waals surface area contributed by atoms with Gasteiger partial charge in [-0.2, -0.15) is 0 Å². The molecule has 11 heteroatoms. The lowest BCUT2D eigenvalue weighted by atomic mass is 9.82. The van der Waals surface area contributed by atoms with E-state index in [1.54, 1.807) is 6.20 Å². The molecular formula is C32H41F2N7O2. The minimum atomic E-state index is -2.67. The fraction of sp³-hybridized carbons (Fsp3) is 0.594. The molecule has 1 aromatic heterocycles. The van der Waals surface area contributed by atoms with Gasteiger partial charge in [-0.05, 0) is 56.9 Å². The number of nitrogens with zero attached hydrogens (tertiary/aromatic N) is 6. The van der Waals surface area contributed by atoms with E-state index in [-0.39, 0.29) is 23.2 Å². The normalized spacial score (nSPS) is 27.9. The number of piperazine rings is 1. The van der Waals surface area contributed by atoms with Crippen molar-refractivity contribution in [1.82, 2.24) is 14.8 Å². The minimum absolute atomic E-state index is 0.0271. The number of aliphatic imine (C=N–C) groups is 1. The molecule has 6 heterocycles. The van der Waals surface area contributed by atoms with Gasteiger partial charge in [0.25, 0.3) is 6.43 Å². The van der Waals surface area contributed by atoms with Gasteiger partial charge in [-0.1, -0.05) is 18.7 Å². The summed E-state index contributed by atoms with van der Waals surface area (Å²) in [5, 5.41) is 0. The number of carbonyl (C=O) groups excluding carboxylic acids is 1. The Morgan fingerprint density at radius 1 is 1.14 bits per heavy atom. The SMILES string of the molecule is C=CC(=O)N1CCN(C2CN3c4cc(N5CCC6(CC5)OCC5(CC5)N=C6/C(C)=C\N)nc(C(F)F)c4C=CCC23)CC1. The molecule has 6 aliphatic rings. The van der Waals surface area contributed by atoms with E-state index in [1.165, 1.54) is 6.08 Å². The van der Waals surface area contributed by atoms with E-state index >= 15 is 0 Å².